The zero-order valence-electron chi connectivity index (χ0n) is 18.3. The minimum atomic E-state index is -0.197. The Balaban J connectivity index is 2.26. The van der Waals surface area contributed by atoms with E-state index in [-0.39, 0.29) is 5.78 Å². The van der Waals surface area contributed by atoms with Crippen LogP contribution < -0.4 is 23.7 Å². The molecule has 0 aliphatic heterocycles. The first-order valence-corrected chi connectivity index (χ1v) is 9.40. The topological polar surface area (TPSA) is 63.2 Å². The molecular formula is C24H28O6. The highest BCUT2D eigenvalue weighted by atomic mass is 16.5. The predicted octanol–water partition coefficient (Wildman–Crippen LogP) is 4.96. The molecule has 0 aromatic heterocycles. The number of carbonyl (C=O) groups excluding carboxylic acids is 1. The van der Waals surface area contributed by atoms with Crippen LogP contribution in [0.2, 0.25) is 0 Å². The van der Waals surface area contributed by atoms with Crippen molar-refractivity contribution in [3.8, 4) is 28.7 Å². The maximum atomic E-state index is 12.7. The third-order valence-electron chi connectivity index (χ3n) is 4.29. The molecule has 0 amide bonds. The van der Waals surface area contributed by atoms with Gasteiger partial charge in [-0.15, -0.1) is 0 Å². The predicted molar refractivity (Wildman–Crippen MR) is 117 cm³/mol. The molecule has 0 bridgehead atoms. The Morgan fingerprint density at radius 1 is 0.833 bits per heavy atom. The summed E-state index contributed by atoms with van der Waals surface area (Å²) in [5.41, 5.74) is 2.40. The van der Waals surface area contributed by atoms with Crippen LogP contribution in [-0.4, -0.2) is 40.8 Å². The number of hydrogen-bond acceptors (Lipinski definition) is 6. The first-order chi connectivity index (χ1) is 14.4. The van der Waals surface area contributed by atoms with Gasteiger partial charge in [0.05, 0.1) is 28.4 Å². The van der Waals surface area contributed by atoms with E-state index in [1.54, 1.807) is 31.4 Å². The number of hydrogen-bond donors (Lipinski definition) is 0. The second-order valence-corrected chi connectivity index (χ2v) is 6.61. The maximum absolute atomic E-state index is 12.7. The van der Waals surface area contributed by atoms with E-state index in [4.69, 9.17) is 23.7 Å². The summed E-state index contributed by atoms with van der Waals surface area (Å²) in [5, 5.41) is 0. The SMILES string of the molecule is COc1ccc(/C=C/C(=O)c2cc(OC)c(OC)c(OC)c2)cc1OCC=C(C)C. The fourth-order valence-electron chi connectivity index (χ4n) is 2.70. The van der Waals surface area contributed by atoms with Gasteiger partial charge in [-0.25, -0.2) is 0 Å². The van der Waals surface area contributed by atoms with Crippen LogP contribution in [0.5, 0.6) is 28.7 Å². The summed E-state index contributed by atoms with van der Waals surface area (Å²) >= 11 is 0. The maximum Gasteiger partial charge on any atom is 0.203 e. The summed E-state index contributed by atoms with van der Waals surface area (Å²) in [6.07, 6.45) is 5.19. The fraction of sp³-hybridized carbons (Fsp3) is 0.292. The molecule has 0 spiro atoms. The highest BCUT2D eigenvalue weighted by Crippen LogP contribution is 2.38. The Labute approximate surface area is 177 Å². The molecule has 160 valence electrons. The number of carbonyl (C=O) groups is 1. The highest BCUT2D eigenvalue weighted by Gasteiger charge is 2.15. The standard InChI is InChI=1S/C24H28O6/c1-16(2)11-12-30-21-13-17(8-10-20(21)26-3)7-9-19(25)18-14-22(27-4)24(29-6)23(15-18)28-5/h7-11,13-15H,12H2,1-6H3/b9-7+. The van der Waals surface area contributed by atoms with Crippen LogP contribution >= 0.6 is 0 Å². The van der Waals surface area contributed by atoms with Crippen molar-refractivity contribution in [1.82, 2.24) is 0 Å². The van der Waals surface area contributed by atoms with Crippen molar-refractivity contribution in [2.75, 3.05) is 35.0 Å². The minimum Gasteiger partial charge on any atom is -0.493 e. The Morgan fingerprint density at radius 3 is 2.00 bits per heavy atom. The lowest BCUT2D eigenvalue weighted by Crippen LogP contribution is -2.00. The van der Waals surface area contributed by atoms with Crippen molar-refractivity contribution in [2.45, 2.75) is 13.8 Å². The quantitative estimate of drug-likeness (QED) is 0.312. The monoisotopic (exact) mass is 412 g/mol. The smallest absolute Gasteiger partial charge is 0.203 e. The second-order valence-electron chi connectivity index (χ2n) is 6.61. The van der Waals surface area contributed by atoms with Gasteiger partial charge in [-0.2, -0.15) is 0 Å². The van der Waals surface area contributed by atoms with Gasteiger partial charge in [-0.3, -0.25) is 4.79 Å². The molecule has 0 heterocycles. The largest absolute Gasteiger partial charge is 0.493 e. The lowest BCUT2D eigenvalue weighted by molar-refractivity contribution is 0.104. The molecule has 0 aliphatic carbocycles. The molecule has 0 aliphatic rings. The van der Waals surface area contributed by atoms with Crippen molar-refractivity contribution < 1.29 is 28.5 Å². The summed E-state index contributed by atoms with van der Waals surface area (Å²) < 4.78 is 27.1. The molecule has 2 aromatic carbocycles. The third kappa shape index (κ3) is 5.80. The van der Waals surface area contributed by atoms with Crippen LogP contribution in [0.4, 0.5) is 0 Å². The molecule has 0 saturated heterocycles. The Hall–Kier alpha value is -3.41. The first-order valence-electron chi connectivity index (χ1n) is 9.40. The second kappa shape index (κ2) is 11.0. The normalized spacial score (nSPS) is 10.5. The van der Waals surface area contributed by atoms with Crippen molar-refractivity contribution in [3.63, 3.8) is 0 Å². The first kappa shape index (κ1) is 22.9. The molecule has 0 unspecified atom stereocenters. The molecule has 0 saturated carbocycles. The number of rotatable bonds is 10. The average Bonchev–Trinajstić information content (AvgIpc) is 2.76. The van der Waals surface area contributed by atoms with Gasteiger partial charge in [0.15, 0.2) is 28.8 Å². The summed E-state index contributed by atoms with van der Waals surface area (Å²) in [4.78, 5) is 12.7. The van der Waals surface area contributed by atoms with Gasteiger partial charge in [-0.05, 0) is 55.8 Å². The Morgan fingerprint density at radius 2 is 1.47 bits per heavy atom. The summed E-state index contributed by atoms with van der Waals surface area (Å²) in [7, 11) is 6.13. The van der Waals surface area contributed by atoms with E-state index < -0.39 is 0 Å². The van der Waals surface area contributed by atoms with Gasteiger partial charge in [-0.1, -0.05) is 17.7 Å². The zero-order chi connectivity index (χ0) is 22.1. The van der Waals surface area contributed by atoms with E-state index in [0.717, 1.165) is 5.56 Å². The van der Waals surface area contributed by atoms with Gasteiger partial charge in [0, 0.05) is 5.56 Å². The van der Waals surface area contributed by atoms with Gasteiger partial charge >= 0.3 is 0 Å². The molecule has 0 radical (unpaired) electrons. The Bertz CT molecular complexity index is 914. The van der Waals surface area contributed by atoms with Crippen molar-refractivity contribution in [1.29, 1.82) is 0 Å². The third-order valence-corrected chi connectivity index (χ3v) is 4.29. The summed E-state index contributed by atoms with van der Waals surface area (Å²) in [5.74, 6) is 2.33. The van der Waals surface area contributed by atoms with Gasteiger partial charge < -0.3 is 23.7 Å². The molecule has 2 aromatic rings. The lowest BCUT2D eigenvalue weighted by atomic mass is 10.1. The van der Waals surface area contributed by atoms with Crippen LogP contribution in [-0.2, 0) is 0 Å². The van der Waals surface area contributed by atoms with E-state index in [9.17, 15) is 4.79 Å². The number of ketones is 1. The van der Waals surface area contributed by atoms with E-state index in [0.29, 0.717) is 40.9 Å². The molecule has 0 atom stereocenters. The molecule has 30 heavy (non-hydrogen) atoms. The highest BCUT2D eigenvalue weighted by molar-refractivity contribution is 6.07. The summed E-state index contributed by atoms with van der Waals surface area (Å²) in [6.45, 7) is 4.46. The van der Waals surface area contributed by atoms with Crippen molar-refractivity contribution in [2.24, 2.45) is 0 Å². The number of methoxy groups -OCH3 is 4. The van der Waals surface area contributed by atoms with Gasteiger partial charge in [0.25, 0.3) is 0 Å². The van der Waals surface area contributed by atoms with Crippen LogP contribution in [0.3, 0.4) is 0 Å². The average molecular weight is 412 g/mol. The summed E-state index contributed by atoms with van der Waals surface area (Å²) in [6, 6.07) is 8.73. The number of ether oxygens (including phenoxy) is 5. The fourth-order valence-corrected chi connectivity index (χ4v) is 2.70. The van der Waals surface area contributed by atoms with Crippen LogP contribution in [0.1, 0.15) is 29.8 Å². The van der Waals surface area contributed by atoms with Crippen LogP contribution in [0.25, 0.3) is 6.08 Å². The van der Waals surface area contributed by atoms with Crippen molar-refractivity contribution in [3.05, 3.63) is 59.2 Å². The molecular weight excluding hydrogens is 384 g/mol. The zero-order valence-corrected chi connectivity index (χ0v) is 18.3. The molecule has 6 heteroatoms. The van der Waals surface area contributed by atoms with Gasteiger partial charge in [0.2, 0.25) is 5.75 Å². The molecule has 0 N–H and O–H groups in total. The van der Waals surface area contributed by atoms with E-state index >= 15 is 0 Å². The minimum absolute atomic E-state index is 0.197. The molecule has 6 nitrogen and oxygen atoms in total. The van der Waals surface area contributed by atoms with E-state index in [1.165, 1.54) is 33.0 Å². The lowest BCUT2D eigenvalue weighted by Gasteiger charge is -2.13. The molecule has 0 fully saturated rings. The van der Waals surface area contributed by atoms with Crippen LogP contribution in [0.15, 0.2) is 48.1 Å². The molecule has 2 rings (SSSR count). The van der Waals surface area contributed by atoms with Crippen LogP contribution in [0, 0.1) is 0 Å². The van der Waals surface area contributed by atoms with Crippen molar-refractivity contribution >= 4 is 11.9 Å². The van der Waals surface area contributed by atoms with Gasteiger partial charge in [0.1, 0.15) is 6.61 Å². The van der Waals surface area contributed by atoms with E-state index in [1.807, 2.05) is 32.1 Å². The number of benzene rings is 2. The van der Waals surface area contributed by atoms with E-state index in [2.05, 4.69) is 0 Å². The Kier molecular flexibility index (Phi) is 8.35. The number of allylic oxidation sites excluding steroid dienone is 2.